The number of aromatic amines is 2. The Morgan fingerprint density at radius 1 is 1.27 bits per heavy atom. The van der Waals surface area contributed by atoms with Crippen molar-refractivity contribution in [2.45, 2.75) is 0 Å². The minimum atomic E-state index is -0.0690. The summed E-state index contributed by atoms with van der Waals surface area (Å²) in [5, 5.41) is 7.84. The molecule has 74 valence electrons. The summed E-state index contributed by atoms with van der Waals surface area (Å²) in [6.07, 6.45) is 1.71. The van der Waals surface area contributed by atoms with Gasteiger partial charge in [-0.25, -0.2) is 0 Å². The molecule has 0 atom stereocenters. The smallest absolute Gasteiger partial charge is 0.249 e. The summed E-state index contributed by atoms with van der Waals surface area (Å²) in [4.78, 5) is 15.9. The first kappa shape index (κ1) is 8.43. The molecule has 0 aliphatic heterocycles. The summed E-state index contributed by atoms with van der Waals surface area (Å²) in [6, 6.07) is 7.29. The van der Waals surface area contributed by atoms with Crippen molar-refractivity contribution in [1.29, 1.82) is 0 Å². The average molecular weight is 217 g/mol. The van der Waals surface area contributed by atoms with Crippen LogP contribution in [0.2, 0.25) is 0 Å². The predicted octanol–water partition coefficient (Wildman–Crippen LogP) is 1.98. The quantitative estimate of drug-likeness (QED) is 0.654. The van der Waals surface area contributed by atoms with E-state index in [-0.39, 0.29) is 5.56 Å². The molecule has 0 unspecified atom stereocenters. The van der Waals surface area contributed by atoms with Crippen LogP contribution >= 0.6 is 11.3 Å². The number of hydrogen-bond donors (Lipinski definition) is 2. The zero-order valence-electron chi connectivity index (χ0n) is 7.65. The molecule has 2 N–H and O–H groups in total. The molecule has 4 nitrogen and oxygen atoms in total. The molecule has 3 rings (SSSR count). The molecule has 3 aromatic rings. The highest BCUT2D eigenvalue weighted by Crippen LogP contribution is 2.29. The molecular weight excluding hydrogens is 210 g/mol. The lowest BCUT2D eigenvalue weighted by Crippen LogP contribution is -2.00. The topological polar surface area (TPSA) is 61.5 Å². The van der Waals surface area contributed by atoms with Crippen molar-refractivity contribution in [1.82, 2.24) is 15.2 Å². The van der Waals surface area contributed by atoms with Gasteiger partial charge in [-0.15, -0.1) is 11.3 Å². The van der Waals surface area contributed by atoms with Crippen LogP contribution in [0.3, 0.4) is 0 Å². The van der Waals surface area contributed by atoms with Gasteiger partial charge < -0.3 is 4.98 Å². The Bertz CT molecular complexity index is 651. The third-order valence-corrected chi connectivity index (χ3v) is 3.28. The molecule has 3 heterocycles. The van der Waals surface area contributed by atoms with E-state index in [2.05, 4.69) is 15.2 Å². The minimum absolute atomic E-state index is 0.0690. The van der Waals surface area contributed by atoms with Gasteiger partial charge in [0, 0.05) is 17.6 Å². The second-order valence-corrected chi connectivity index (χ2v) is 4.24. The lowest BCUT2D eigenvalue weighted by atomic mass is 10.3. The van der Waals surface area contributed by atoms with Gasteiger partial charge in [0.1, 0.15) is 4.83 Å². The first-order valence-corrected chi connectivity index (χ1v) is 5.27. The highest BCUT2D eigenvalue weighted by atomic mass is 32.1. The van der Waals surface area contributed by atoms with E-state index in [4.69, 9.17) is 0 Å². The lowest BCUT2D eigenvalue weighted by molar-refractivity contribution is 1.10. The van der Waals surface area contributed by atoms with Crippen LogP contribution in [0.1, 0.15) is 0 Å². The molecule has 0 amide bonds. The van der Waals surface area contributed by atoms with Crippen LogP contribution < -0.4 is 5.56 Å². The van der Waals surface area contributed by atoms with E-state index in [0.717, 1.165) is 20.8 Å². The number of hydrogen-bond acceptors (Lipinski definition) is 3. The molecule has 15 heavy (non-hydrogen) atoms. The Kier molecular flexibility index (Phi) is 1.72. The maximum Gasteiger partial charge on any atom is 0.249 e. The number of pyridine rings is 1. The zero-order valence-corrected chi connectivity index (χ0v) is 8.47. The summed E-state index contributed by atoms with van der Waals surface area (Å²) < 4.78 is 0. The largest absolute Gasteiger partial charge is 0.314 e. The third kappa shape index (κ3) is 1.37. The van der Waals surface area contributed by atoms with Crippen LogP contribution in [0, 0.1) is 0 Å². The van der Waals surface area contributed by atoms with E-state index >= 15 is 0 Å². The molecule has 0 aliphatic carbocycles. The fourth-order valence-electron chi connectivity index (χ4n) is 1.47. The van der Waals surface area contributed by atoms with Gasteiger partial charge in [0.25, 0.3) is 0 Å². The van der Waals surface area contributed by atoms with Crippen LogP contribution in [0.4, 0.5) is 0 Å². The Morgan fingerprint density at radius 3 is 3.00 bits per heavy atom. The maximum absolute atomic E-state index is 11.1. The van der Waals surface area contributed by atoms with E-state index in [1.54, 1.807) is 17.5 Å². The van der Waals surface area contributed by atoms with Gasteiger partial charge in [0.15, 0.2) is 0 Å². The van der Waals surface area contributed by atoms with Gasteiger partial charge in [-0.3, -0.25) is 9.89 Å². The van der Waals surface area contributed by atoms with E-state index in [1.165, 1.54) is 6.07 Å². The number of rotatable bonds is 1. The van der Waals surface area contributed by atoms with Crippen molar-refractivity contribution in [3.8, 4) is 10.6 Å². The normalized spacial score (nSPS) is 10.9. The predicted molar refractivity (Wildman–Crippen MR) is 60.0 cm³/mol. The SMILES string of the molecule is O=c1ccc2cc(-c3ccn[nH]3)sc2[nH]1. The van der Waals surface area contributed by atoms with Crippen molar-refractivity contribution in [3.63, 3.8) is 0 Å². The molecule has 3 aromatic heterocycles. The summed E-state index contributed by atoms with van der Waals surface area (Å²) in [5.74, 6) is 0. The van der Waals surface area contributed by atoms with Crippen LogP contribution in [-0.2, 0) is 0 Å². The van der Waals surface area contributed by atoms with Gasteiger partial charge in [0.2, 0.25) is 5.56 Å². The number of nitrogens with one attached hydrogen (secondary N) is 2. The monoisotopic (exact) mass is 217 g/mol. The van der Waals surface area contributed by atoms with Crippen molar-refractivity contribution < 1.29 is 0 Å². The van der Waals surface area contributed by atoms with Crippen molar-refractivity contribution >= 4 is 21.6 Å². The van der Waals surface area contributed by atoms with Crippen molar-refractivity contribution in [2.75, 3.05) is 0 Å². The van der Waals surface area contributed by atoms with Gasteiger partial charge in [-0.05, 0) is 18.2 Å². The number of nitrogens with zero attached hydrogens (tertiary/aromatic N) is 1. The van der Waals surface area contributed by atoms with Crippen molar-refractivity contribution in [3.05, 3.63) is 40.8 Å². The van der Waals surface area contributed by atoms with Crippen LogP contribution in [0.25, 0.3) is 20.8 Å². The third-order valence-electron chi connectivity index (χ3n) is 2.18. The first-order chi connectivity index (χ1) is 7.33. The van der Waals surface area contributed by atoms with Crippen LogP contribution in [0.15, 0.2) is 35.3 Å². The Hall–Kier alpha value is -1.88. The fraction of sp³-hybridized carbons (Fsp3) is 0. The van der Waals surface area contributed by atoms with Crippen molar-refractivity contribution in [2.24, 2.45) is 0 Å². The lowest BCUT2D eigenvalue weighted by Gasteiger charge is -1.85. The number of H-pyrrole nitrogens is 2. The number of aromatic nitrogens is 3. The summed E-state index contributed by atoms with van der Waals surface area (Å²) >= 11 is 1.54. The molecule has 0 aromatic carbocycles. The van der Waals surface area contributed by atoms with Crippen LogP contribution in [0.5, 0.6) is 0 Å². The Labute approximate surface area is 88.6 Å². The van der Waals surface area contributed by atoms with E-state index in [0.29, 0.717) is 0 Å². The molecule has 0 saturated heterocycles. The average Bonchev–Trinajstić information content (AvgIpc) is 2.84. The molecule has 0 bridgehead atoms. The second-order valence-electron chi connectivity index (χ2n) is 3.19. The summed E-state index contributed by atoms with van der Waals surface area (Å²) in [7, 11) is 0. The number of fused-ring (bicyclic) bond motifs is 1. The maximum atomic E-state index is 11.1. The van der Waals surface area contributed by atoms with E-state index in [1.807, 2.05) is 18.2 Å². The van der Waals surface area contributed by atoms with Gasteiger partial charge in [0.05, 0.1) is 10.6 Å². The molecule has 0 fully saturated rings. The second kappa shape index (κ2) is 3.06. The summed E-state index contributed by atoms with van der Waals surface area (Å²) in [5.41, 5.74) is 0.901. The van der Waals surface area contributed by atoms with Gasteiger partial charge in [-0.1, -0.05) is 0 Å². The Morgan fingerprint density at radius 2 is 2.20 bits per heavy atom. The highest BCUT2D eigenvalue weighted by molar-refractivity contribution is 7.21. The minimum Gasteiger partial charge on any atom is -0.314 e. The first-order valence-electron chi connectivity index (χ1n) is 4.45. The molecule has 0 radical (unpaired) electrons. The molecule has 0 aliphatic rings. The van der Waals surface area contributed by atoms with E-state index < -0.39 is 0 Å². The standard InChI is InChI=1S/C10H7N3OS/c14-9-2-1-6-5-8(15-10(6)12-9)7-3-4-11-13-7/h1-5H,(H,11,13)(H,12,14). The molecule has 0 saturated carbocycles. The molecular formula is C10H7N3OS. The van der Waals surface area contributed by atoms with Gasteiger partial charge in [-0.2, -0.15) is 5.10 Å². The van der Waals surface area contributed by atoms with Gasteiger partial charge >= 0.3 is 0 Å². The van der Waals surface area contributed by atoms with Crippen LogP contribution in [-0.4, -0.2) is 15.2 Å². The van der Waals surface area contributed by atoms with E-state index in [9.17, 15) is 4.79 Å². The number of thiophene rings is 1. The summed E-state index contributed by atoms with van der Waals surface area (Å²) in [6.45, 7) is 0. The Balaban J connectivity index is 2.27. The highest BCUT2D eigenvalue weighted by Gasteiger charge is 2.05. The zero-order chi connectivity index (χ0) is 10.3. The fourth-order valence-corrected chi connectivity index (χ4v) is 2.50. The molecule has 5 heteroatoms. The molecule has 0 spiro atoms.